The van der Waals surface area contributed by atoms with E-state index in [0.717, 1.165) is 5.56 Å². The van der Waals surface area contributed by atoms with Gasteiger partial charge in [-0.2, -0.15) is 4.31 Å². The highest BCUT2D eigenvalue weighted by Crippen LogP contribution is 2.37. The Balaban J connectivity index is 1.56. The van der Waals surface area contributed by atoms with Crippen molar-refractivity contribution in [3.8, 4) is 0 Å². The molecule has 2 aromatic carbocycles. The van der Waals surface area contributed by atoms with E-state index in [2.05, 4.69) is 21.2 Å². The summed E-state index contributed by atoms with van der Waals surface area (Å²) >= 11 is 3.40. The fraction of sp³-hybridized carbons (Fsp3) is 0.391. The standard InChI is InChI=1S/C23H25BrFN3O4S/c1-2-22(29)28-10-8-15-11-19(24)21(13-20(15)28)33(31,32)27-9-4-5-16(14-27)23(30)26-18-7-3-6-17(25)12-18/h3,6-7,11-13,16H,2,4-5,8-10,14H2,1H3,(H,26,30). The van der Waals surface area contributed by atoms with Crippen molar-refractivity contribution in [2.45, 2.75) is 37.5 Å². The lowest BCUT2D eigenvalue weighted by molar-refractivity contribution is -0.121. The van der Waals surface area contributed by atoms with Crippen LogP contribution in [0.15, 0.2) is 45.8 Å². The third-order valence-corrected chi connectivity index (χ3v) is 8.92. The molecule has 1 N–H and O–H groups in total. The van der Waals surface area contributed by atoms with Crippen molar-refractivity contribution in [3.05, 3.63) is 52.3 Å². The largest absolute Gasteiger partial charge is 0.326 e. The van der Waals surface area contributed by atoms with Crippen LogP contribution in [0.4, 0.5) is 15.8 Å². The molecule has 2 amide bonds. The van der Waals surface area contributed by atoms with Crippen LogP contribution in [0.25, 0.3) is 0 Å². The van der Waals surface area contributed by atoms with Crippen LogP contribution >= 0.6 is 15.9 Å². The Kier molecular flexibility index (Phi) is 6.88. The van der Waals surface area contributed by atoms with Crippen LogP contribution in [0.5, 0.6) is 0 Å². The third-order valence-electron chi connectivity index (χ3n) is 6.10. The lowest BCUT2D eigenvalue weighted by Gasteiger charge is -2.31. The van der Waals surface area contributed by atoms with Gasteiger partial charge in [0.25, 0.3) is 0 Å². The molecule has 10 heteroatoms. The summed E-state index contributed by atoms with van der Waals surface area (Å²) in [5.74, 6) is -1.40. The summed E-state index contributed by atoms with van der Waals surface area (Å²) in [5, 5.41) is 2.68. The van der Waals surface area contributed by atoms with Gasteiger partial charge >= 0.3 is 0 Å². The first kappa shape index (κ1) is 23.8. The molecule has 1 saturated heterocycles. The second-order valence-electron chi connectivity index (χ2n) is 8.26. The smallest absolute Gasteiger partial charge is 0.244 e. The summed E-state index contributed by atoms with van der Waals surface area (Å²) in [6, 6.07) is 8.92. The monoisotopic (exact) mass is 537 g/mol. The first-order chi connectivity index (χ1) is 15.7. The topological polar surface area (TPSA) is 86.8 Å². The normalized spacial score (nSPS) is 18.8. The first-order valence-corrected chi connectivity index (χ1v) is 13.1. The molecule has 0 saturated carbocycles. The fourth-order valence-corrected chi connectivity index (χ4v) is 6.95. The van der Waals surface area contributed by atoms with Gasteiger partial charge < -0.3 is 10.2 Å². The Labute approximate surface area is 201 Å². The summed E-state index contributed by atoms with van der Waals surface area (Å²) < 4.78 is 42.3. The van der Waals surface area contributed by atoms with Crippen LogP contribution in [0.1, 0.15) is 31.7 Å². The summed E-state index contributed by atoms with van der Waals surface area (Å²) in [5.41, 5.74) is 1.89. The number of benzene rings is 2. The van der Waals surface area contributed by atoms with Crippen molar-refractivity contribution in [1.82, 2.24) is 4.31 Å². The molecule has 0 radical (unpaired) electrons. The Bertz CT molecular complexity index is 1200. The number of amides is 2. The van der Waals surface area contributed by atoms with Crippen molar-refractivity contribution in [1.29, 1.82) is 0 Å². The van der Waals surface area contributed by atoms with Crippen molar-refractivity contribution in [2.75, 3.05) is 29.9 Å². The highest BCUT2D eigenvalue weighted by Gasteiger charge is 2.36. The lowest BCUT2D eigenvalue weighted by Crippen LogP contribution is -2.43. The number of carbonyl (C=O) groups is 2. The predicted octanol–water partition coefficient (Wildman–Crippen LogP) is 3.93. The minimum absolute atomic E-state index is 0.0324. The van der Waals surface area contributed by atoms with E-state index in [1.165, 1.54) is 22.5 Å². The number of halogens is 2. The van der Waals surface area contributed by atoms with Crippen LogP contribution in [-0.2, 0) is 26.0 Å². The Morgan fingerprint density at radius 3 is 2.73 bits per heavy atom. The number of piperidine rings is 1. The number of nitrogens with one attached hydrogen (secondary N) is 1. The molecule has 4 rings (SSSR count). The van der Waals surface area contributed by atoms with Gasteiger partial charge in [-0.1, -0.05) is 13.0 Å². The van der Waals surface area contributed by atoms with Gasteiger partial charge in [-0.25, -0.2) is 12.8 Å². The van der Waals surface area contributed by atoms with Gasteiger partial charge in [0.2, 0.25) is 21.8 Å². The van der Waals surface area contributed by atoms with Gasteiger partial charge in [-0.05, 0) is 71.1 Å². The number of carbonyl (C=O) groups excluding carboxylic acids is 2. The van der Waals surface area contributed by atoms with Crippen LogP contribution in [0, 0.1) is 11.7 Å². The van der Waals surface area contributed by atoms with Gasteiger partial charge in [0.1, 0.15) is 5.82 Å². The summed E-state index contributed by atoms with van der Waals surface area (Å²) in [4.78, 5) is 26.8. The molecule has 0 spiro atoms. The van der Waals surface area contributed by atoms with Crippen molar-refractivity contribution in [3.63, 3.8) is 0 Å². The first-order valence-electron chi connectivity index (χ1n) is 10.9. The van der Waals surface area contributed by atoms with Crippen molar-refractivity contribution >= 4 is 49.1 Å². The predicted molar refractivity (Wildman–Crippen MR) is 127 cm³/mol. The van der Waals surface area contributed by atoms with Gasteiger partial charge in [0, 0.05) is 41.9 Å². The number of fused-ring (bicyclic) bond motifs is 1. The number of hydrogen-bond acceptors (Lipinski definition) is 4. The molecule has 2 aliphatic rings. The average Bonchev–Trinajstić information content (AvgIpc) is 3.20. The molecule has 0 aliphatic carbocycles. The van der Waals surface area contributed by atoms with E-state index in [0.29, 0.717) is 54.6 Å². The molecule has 2 aromatic rings. The summed E-state index contributed by atoms with van der Waals surface area (Å²) in [6.07, 6.45) is 2.08. The maximum absolute atomic E-state index is 13.5. The number of sulfonamides is 1. The van der Waals surface area contributed by atoms with Crippen LogP contribution in [-0.4, -0.2) is 44.2 Å². The maximum atomic E-state index is 13.5. The van der Waals surface area contributed by atoms with Crippen molar-refractivity contribution in [2.24, 2.45) is 5.92 Å². The van der Waals surface area contributed by atoms with E-state index in [-0.39, 0.29) is 23.3 Å². The van der Waals surface area contributed by atoms with Crippen LogP contribution in [0.3, 0.4) is 0 Å². The number of hydrogen-bond donors (Lipinski definition) is 1. The van der Waals surface area contributed by atoms with E-state index in [1.807, 2.05) is 0 Å². The lowest BCUT2D eigenvalue weighted by atomic mass is 9.99. The Hall–Kier alpha value is -2.30. The fourth-order valence-electron chi connectivity index (χ4n) is 4.36. The molecular formula is C23H25BrFN3O4S. The van der Waals surface area contributed by atoms with Crippen LogP contribution in [0.2, 0.25) is 0 Å². The SMILES string of the molecule is CCC(=O)N1CCc2cc(Br)c(S(=O)(=O)N3CCCC(C(=O)Nc4cccc(F)c4)C3)cc21. The molecule has 2 aliphatic heterocycles. The average molecular weight is 538 g/mol. The highest BCUT2D eigenvalue weighted by atomic mass is 79.9. The van der Waals surface area contributed by atoms with Gasteiger partial charge in [0.15, 0.2) is 0 Å². The molecular weight excluding hydrogens is 513 g/mol. The molecule has 0 aromatic heterocycles. The molecule has 1 unspecified atom stereocenters. The van der Waals surface area contributed by atoms with Gasteiger partial charge in [-0.15, -0.1) is 0 Å². The molecule has 2 heterocycles. The zero-order chi connectivity index (χ0) is 23.8. The Morgan fingerprint density at radius 1 is 1.21 bits per heavy atom. The van der Waals surface area contributed by atoms with Crippen molar-refractivity contribution < 1.29 is 22.4 Å². The molecule has 176 valence electrons. The van der Waals surface area contributed by atoms with Gasteiger partial charge in [-0.3, -0.25) is 9.59 Å². The van der Waals surface area contributed by atoms with E-state index in [1.54, 1.807) is 30.0 Å². The van der Waals surface area contributed by atoms with E-state index in [9.17, 15) is 22.4 Å². The highest BCUT2D eigenvalue weighted by molar-refractivity contribution is 9.10. The van der Waals surface area contributed by atoms with E-state index in [4.69, 9.17) is 0 Å². The molecule has 33 heavy (non-hydrogen) atoms. The molecule has 1 fully saturated rings. The van der Waals surface area contributed by atoms with E-state index >= 15 is 0 Å². The Morgan fingerprint density at radius 2 is 2.00 bits per heavy atom. The molecule has 7 nitrogen and oxygen atoms in total. The second kappa shape index (κ2) is 9.52. The minimum atomic E-state index is -3.91. The quantitative estimate of drug-likeness (QED) is 0.626. The third kappa shape index (κ3) is 4.83. The zero-order valence-electron chi connectivity index (χ0n) is 18.2. The summed E-state index contributed by atoms with van der Waals surface area (Å²) in [6.45, 7) is 2.64. The number of nitrogens with zero attached hydrogens (tertiary/aromatic N) is 2. The molecule has 0 bridgehead atoms. The second-order valence-corrected chi connectivity index (χ2v) is 11.0. The number of anilines is 2. The zero-order valence-corrected chi connectivity index (χ0v) is 20.6. The minimum Gasteiger partial charge on any atom is -0.326 e. The maximum Gasteiger partial charge on any atom is 0.244 e. The number of rotatable bonds is 5. The van der Waals surface area contributed by atoms with E-state index < -0.39 is 21.8 Å². The van der Waals surface area contributed by atoms with Gasteiger partial charge in [0.05, 0.1) is 10.8 Å². The molecule has 1 atom stereocenters. The summed E-state index contributed by atoms with van der Waals surface area (Å²) in [7, 11) is -3.91. The van der Waals surface area contributed by atoms with Crippen LogP contribution < -0.4 is 10.2 Å².